The summed E-state index contributed by atoms with van der Waals surface area (Å²) in [5.41, 5.74) is 2.00. The number of aromatic amines is 1. The Bertz CT molecular complexity index is 1230. The third-order valence-electron chi connectivity index (χ3n) is 5.91. The van der Waals surface area contributed by atoms with Crippen LogP contribution in [0.2, 0.25) is 0 Å². The minimum absolute atomic E-state index is 0.157. The van der Waals surface area contributed by atoms with Gasteiger partial charge < -0.3 is 19.8 Å². The van der Waals surface area contributed by atoms with Crippen molar-refractivity contribution in [2.24, 2.45) is 0 Å². The van der Waals surface area contributed by atoms with Gasteiger partial charge in [0.15, 0.2) is 0 Å². The zero-order chi connectivity index (χ0) is 25.2. The molecule has 3 aromatic rings. The molecule has 8 nitrogen and oxygen atoms in total. The maximum absolute atomic E-state index is 13.6. The van der Waals surface area contributed by atoms with Gasteiger partial charge in [0.25, 0.3) is 0 Å². The van der Waals surface area contributed by atoms with Crippen LogP contribution in [0.4, 0.5) is 10.5 Å². The third-order valence-corrected chi connectivity index (χ3v) is 5.91. The Hall–Kier alpha value is -3.81. The lowest BCUT2D eigenvalue weighted by molar-refractivity contribution is -0.120. The van der Waals surface area contributed by atoms with E-state index in [1.807, 2.05) is 30.3 Å². The van der Waals surface area contributed by atoms with Crippen molar-refractivity contribution >= 4 is 34.6 Å². The molecule has 4 rings (SSSR count). The molecule has 2 heterocycles. The van der Waals surface area contributed by atoms with Crippen LogP contribution in [0.15, 0.2) is 54.6 Å². The zero-order valence-corrected chi connectivity index (χ0v) is 20.5. The first-order chi connectivity index (χ1) is 16.7. The van der Waals surface area contributed by atoms with Gasteiger partial charge in [-0.05, 0) is 63.9 Å². The molecular weight excluding hydrogens is 446 g/mol. The molecule has 35 heavy (non-hydrogen) atoms. The van der Waals surface area contributed by atoms with E-state index < -0.39 is 23.7 Å². The van der Waals surface area contributed by atoms with Crippen molar-refractivity contribution in [1.82, 2.24) is 9.88 Å². The van der Waals surface area contributed by atoms with E-state index in [2.05, 4.69) is 10.3 Å². The summed E-state index contributed by atoms with van der Waals surface area (Å²) in [7, 11) is 0. The SMILES string of the molecule is CCOC(=O)c1cc2cc(NC(=O)C3[C@@H](c4ccccc4)CCN3C(=O)OC(C)(C)C)ccc2[nH]1. The Labute approximate surface area is 204 Å². The highest BCUT2D eigenvalue weighted by molar-refractivity contribution is 6.00. The minimum atomic E-state index is -0.718. The van der Waals surface area contributed by atoms with Crippen molar-refractivity contribution in [1.29, 1.82) is 0 Å². The Morgan fingerprint density at radius 2 is 1.83 bits per heavy atom. The topological polar surface area (TPSA) is 101 Å². The van der Waals surface area contributed by atoms with Crippen molar-refractivity contribution in [2.75, 3.05) is 18.5 Å². The molecule has 2 atom stereocenters. The normalized spacial score (nSPS) is 17.9. The van der Waals surface area contributed by atoms with Gasteiger partial charge in [0.05, 0.1) is 6.61 Å². The van der Waals surface area contributed by atoms with Crippen molar-refractivity contribution in [3.63, 3.8) is 0 Å². The van der Waals surface area contributed by atoms with Crippen LogP contribution in [0.3, 0.4) is 0 Å². The highest BCUT2D eigenvalue weighted by atomic mass is 16.6. The van der Waals surface area contributed by atoms with Gasteiger partial charge in [0.2, 0.25) is 5.91 Å². The molecule has 0 radical (unpaired) electrons. The number of anilines is 1. The van der Waals surface area contributed by atoms with Gasteiger partial charge in [0.1, 0.15) is 17.3 Å². The second kappa shape index (κ2) is 9.82. The first-order valence-corrected chi connectivity index (χ1v) is 11.8. The smallest absolute Gasteiger partial charge is 0.410 e. The summed E-state index contributed by atoms with van der Waals surface area (Å²) in [5.74, 6) is -0.878. The first-order valence-electron chi connectivity index (χ1n) is 11.8. The molecule has 1 aliphatic rings. The lowest BCUT2D eigenvalue weighted by Gasteiger charge is -2.30. The van der Waals surface area contributed by atoms with E-state index in [9.17, 15) is 14.4 Å². The lowest BCUT2D eigenvalue weighted by Crippen LogP contribution is -2.47. The molecule has 0 saturated carbocycles. The van der Waals surface area contributed by atoms with Gasteiger partial charge in [-0.2, -0.15) is 0 Å². The molecular formula is C27H31N3O5. The van der Waals surface area contributed by atoms with E-state index in [0.717, 1.165) is 16.5 Å². The molecule has 1 aliphatic heterocycles. The second-order valence-electron chi connectivity index (χ2n) is 9.62. The number of fused-ring (bicyclic) bond motifs is 1. The fourth-order valence-electron chi connectivity index (χ4n) is 4.44. The minimum Gasteiger partial charge on any atom is -0.461 e. The fourth-order valence-corrected chi connectivity index (χ4v) is 4.44. The molecule has 2 aromatic carbocycles. The highest BCUT2D eigenvalue weighted by Crippen LogP contribution is 2.35. The Morgan fingerprint density at radius 3 is 2.51 bits per heavy atom. The predicted molar refractivity (Wildman–Crippen MR) is 133 cm³/mol. The maximum atomic E-state index is 13.6. The number of hydrogen-bond donors (Lipinski definition) is 2. The molecule has 1 unspecified atom stereocenters. The van der Waals surface area contributed by atoms with Crippen LogP contribution in [0.25, 0.3) is 10.9 Å². The fraction of sp³-hybridized carbons (Fsp3) is 0.370. The lowest BCUT2D eigenvalue weighted by atomic mass is 9.91. The van der Waals surface area contributed by atoms with E-state index in [1.165, 1.54) is 4.90 Å². The first kappa shape index (κ1) is 24.3. The standard InChI is InChI=1S/C27H31N3O5/c1-5-34-25(32)22-16-18-15-19(11-12-21(18)29-22)28-24(31)23-20(17-9-7-6-8-10-17)13-14-30(23)26(33)35-27(2,3)4/h6-12,15-16,20,23,29H,5,13-14H2,1-4H3,(H,28,31)/t20-,23?/m1/s1. The van der Waals surface area contributed by atoms with E-state index in [0.29, 0.717) is 24.3 Å². The van der Waals surface area contributed by atoms with E-state index in [4.69, 9.17) is 9.47 Å². The summed E-state index contributed by atoms with van der Waals surface area (Å²) >= 11 is 0. The van der Waals surface area contributed by atoms with Crippen LogP contribution >= 0.6 is 0 Å². The van der Waals surface area contributed by atoms with Crippen LogP contribution in [0.5, 0.6) is 0 Å². The maximum Gasteiger partial charge on any atom is 0.410 e. The Balaban J connectivity index is 1.59. The molecule has 2 amide bonds. The number of hydrogen-bond acceptors (Lipinski definition) is 5. The van der Waals surface area contributed by atoms with Crippen LogP contribution in [-0.2, 0) is 14.3 Å². The van der Waals surface area contributed by atoms with Crippen LogP contribution in [0, 0.1) is 0 Å². The van der Waals surface area contributed by atoms with E-state index in [-0.39, 0.29) is 18.4 Å². The number of nitrogens with zero attached hydrogens (tertiary/aromatic N) is 1. The number of amides is 2. The summed E-state index contributed by atoms with van der Waals surface area (Å²) in [4.78, 5) is 43.1. The van der Waals surface area contributed by atoms with Gasteiger partial charge in [-0.3, -0.25) is 9.69 Å². The average molecular weight is 478 g/mol. The number of rotatable bonds is 5. The summed E-state index contributed by atoms with van der Waals surface area (Å²) in [5, 5.41) is 3.73. The van der Waals surface area contributed by atoms with Gasteiger partial charge in [-0.1, -0.05) is 30.3 Å². The van der Waals surface area contributed by atoms with Crippen molar-refractivity contribution in [2.45, 2.75) is 51.7 Å². The second-order valence-corrected chi connectivity index (χ2v) is 9.62. The molecule has 184 valence electrons. The number of carbonyl (C=O) groups excluding carboxylic acids is 3. The number of H-pyrrole nitrogens is 1. The van der Waals surface area contributed by atoms with Crippen LogP contribution < -0.4 is 5.32 Å². The van der Waals surface area contributed by atoms with Crippen LogP contribution in [-0.4, -0.2) is 52.6 Å². The Morgan fingerprint density at radius 1 is 1.09 bits per heavy atom. The van der Waals surface area contributed by atoms with E-state index >= 15 is 0 Å². The van der Waals surface area contributed by atoms with Gasteiger partial charge >= 0.3 is 12.1 Å². The molecule has 0 bridgehead atoms. The van der Waals surface area contributed by atoms with Gasteiger partial charge in [-0.15, -0.1) is 0 Å². The van der Waals surface area contributed by atoms with Crippen molar-refractivity contribution < 1.29 is 23.9 Å². The number of aromatic nitrogens is 1. The number of likely N-dealkylation sites (tertiary alicyclic amines) is 1. The van der Waals surface area contributed by atoms with Gasteiger partial charge in [-0.25, -0.2) is 9.59 Å². The molecule has 1 fully saturated rings. The third kappa shape index (κ3) is 5.48. The van der Waals surface area contributed by atoms with Crippen molar-refractivity contribution in [3.05, 3.63) is 65.9 Å². The molecule has 1 saturated heterocycles. The summed E-state index contributed by atoms with van der Waals surface area (Å²) in [6, 6.07) is 16.1. The van der Waals surface area contributed by atoms with Crippen LogP contribution in [0.1, 0.15) is 56.1 Å². The number of carbonyl (C=O) groups is 3. The number of nitrogens with one attached hydrogen (secondary N) is 2. The largest absolute Gasteiger partial charge is 0.461 e. The van der Waals surface area contributed by atoms with Gasteiger partial charge in [0, 0.05) is 29.1 Å². The number of esters is 1. The number of benzene rings is 2. The zero-order valence-electron chi connectivity index (χ0n) is 20.5. The average Bonchev–Trinajstić information content (AvgIpc) is 3.43. The Kier molecular flexibility index (Phi) is 6.82. The summed E-state index contributed by atoms with van der Waals surface area (Å²) < 4.78 is 10.7. The molecule has 8 heteroatoms. The molecule has 0 aliphatic carbocycles. The highest BCUT2D eigenvalue weighted by Gasteiger charge is 2.44. The van der Waals surface area contributed by atoms with E-state index in [1.54, 1.807) is 52.0 Å². The molecule has 2 N–H and O–H groups in total. The van der Waals surface area contributed by atoms with Crippen molar-refractivity contribution in [3.8, 4) is 0 Å². The predicted octanol–water partition coefficient (Wildman–Crippen LogP) is 5.08. The number of ether oxygens (including phenoxy) is 2. The summed E-state index contributed by atoms with van der Waals surface area (Å²) in [6.45, 7) is 7.88. The monoisotopic (exact) mass is 477 g/mol. The molecule has 0 spiro atoms. The molecule has 1 aromatic heterocycles. The quantitative estimate of drug-likeness (QED) is 0.499. The summed E-state index contributed by atoms with van der Waals surface area (Å²) in [6.07, 6.45) is 0.150.